The first kappa shape index (κ1) is 9.97. The normalized spacial score (nSPS) is 19.5. The van der Waals surface area contributed by atoms with E-state index in [0.29, 0.717) is 5.92 Å². The minimum Gasteiger partial charge on any atom is -0.0949 e. The van der Waals surface area contributed by atoms with Crippen molar-refractivity contribution in [3.63, 3.8) is 0 Å². The van der Waals surface area contributed by atoms with Crippen molar-refractivity contribution in [1.82, 2.24) is 0 Å². The standard InChI is InChI=1S/C15H16/c1-3-13-8-10-14(11-9-13)15-7-5-4-6-12(15)2/h4-11,15H,2-3H2,1H3. The fourth-order valence-electron chi connectivity index (χ4n) is 1.87. The molecule has 0 heterocycles. The number of hydrogen-bond acceptors (Lipinski definition) is 0. The summed E-state index contributed by atoms with van der Waals surface area (Å²) in [5.74, 6) is 0.362. The van der Waals surface area contributed by atoms with E-state index in [9.17, 15) is 0 Å². The van der Waals surface area contributed by atoms with Gasteiger partial charge in [-0.1, -0.05) is 62.1 Å². The molecule has 0 N–H and O–H groups in total. The van der Waals surface area contributed by atoms with Crippen LogP contribution in [0.5, 0.6) is 0 Å². The van der Waals surface area contributed by atoms with Crippen LogP contribution in [0.1, 0.15) is 24.0 Å². The Morgan fingerprint density at radius 3 is 2.47 bits per heavy atom. The fraction of sp³-hybridized carbons (Fsp3) is 0.200. The van der Waals surface area contributed by atoms with Crippen molar-refractivity contribution in [3.05, 3.63) is 71.8 Å². The number of hydrogen-bond donors (Lipinski definition) is 0. The van der Waals surface area contributed by atoms with E-state index >= 15 is 0 Å². The van der Waals surface area contributed by atoms with E-state index in [2.05, 4.69) is 56.0 Å². The van der Waals surface area contributed by atoms with Crippen LogP contribution >= 0.6 is 0 Å². The van der Waals surface area contributed by atoms with Gasteiger partial charge in [0.25, 0.3) is 0 Å². The molecule has 1 aliphatic carbocycles. The molecule has 1 unspecified atom stereocenters. The third-order valence-corrected chi connectivity index (χ3v) is 2.87. The van der Waals surface area contributed by atoms with Gasteiger partial charge in [-0.25, -0.2) is 0 Å². The summed E-state index contributed by atoms with van der Waals surface area (Å²) in [6.07, 6.45) is 9.51. The molecule has 0 saturated heterocycles. The summed E-state index contributed by atoms with van der Waals surface area (Å²) in [5, 5.41) is 0. The maximum Gasteiger partial charge on any atom is 0.0266 e. The van der Waals surface area contributed by atoms with E-state index in [1.165, 1.54) is 16.7 Å². The monoisotopic (exact) mass is 196 g/mol. The molecule has 0 aliphatic heterocycles. The highest BCUT2D eigenvalue weighted by Crippen LogP contribution is 2.28. The summed E-state index contributed by atoms with van der Waals surface area (Å²) in [7, 11) is 0. The highest BCUT2D eigenvalue weighted by molar-refractivity contribution is 5.42. The molecule has 0 aromatic heterocycles. The average Bonchev–Trinajstić information content (AvgIpc) is 2.30. The van der Waals surface area contributed by atoms with Gasteiger partial charge in [0.2, 0.25) is 0 Å². The van der Waals surface area contributed by atoms with Crippen LogP contribution in [0.2, 0.25) is 0 Å². The molecule has 76 valence electrons. The summed E-state index contributed by atoms with van der Waals surface area (Å²) in [4.78, 5) is 0. The first-order valence-electron chi connectivity index (χ1n) is 5.43. The van der Waals surface area contributed by atoms with Gasteiger partial charge >= 0.3 is 0 Å². The molecular formula is C15H16. The SMILES string of the molecule is C=C1C=CC=CC1c1ccc(CC)cc1. The van der Waals surface area contributed by atoms with E-state index in [4.69, 9.17) is 0 Å². The van der Waals surface area contributed by atoms with Crippen molar-refractivity contribution >= 4 is 0 Å². The van der Waals surface area contributed by atoms with Gasteiger partial charge in [0.15, 0.2) is 0 Å². The average molecular weight is 196 g/mol. The molecule has 0 nitrogen and oxygen atoms in total. The number of benzene rings is 1. The van der Waals surface area contributed by atoms with Crippen LogP contribution in [0, 0.1) is 0 Å². The minimum absolute atomic E-state index is 0.362. The molecule has 1 aliphatic rings. The molecule has 0 spiro atoms. The lowest BCUT2D eigenvalue weighted by atomic mass is 9.88. The van der Waals surface area contributed by atoms with Crippen LogP contribution in [0.25, 0.3) is 0 Å². The fourth-order valence-corrected chi connectivity index (χ4v) is 1.87. The van der Waals surface area contributed by atoms with Crippen LogP contribution in [0.3, 0.4) is 0 Å². The van der Waals surface area contributed by atoms with Crippen molar-refractivity contribution in [3.8, 4) is 0 Å². The van der Waals surface area contributed by atoms with Crippen LogP contribution in [0.15, 0.2) is 60.7 Å². The zero-order valence-corrected chi connectivity index (χ0v) is 9.11. The Bertz CT molecular complexity index is 404. The Labute approximate surface area is 91.6 Å². The first-order valence-corrected chi connectivity index (χ1v) is 5.43. The summed E-state index contributed by atoms with van der Waals surface area (Å²) in [6.45, 7) is 6.25. The second kappa shape index (κ2) is 4.31. The molecule has 0 amide bonds. The van der Waals surface area contributed by atoms with Crippen molar-refractivity contribution < 1.29 is 0 Å². The van der Waals surface area contributed by atoms with Gasteiger partial charge in [0.05, 0.1) is 0 Å². The van der Waals surface area contributed by atoms with Crippen LogP contribution in [-0.2, 0) is 6.42 Å². The lowest BCUT2D eigenvalue weighted by molar-refractivity contribution is 1.01. The van der Waals surface area contributed by atoms with Crippen LogP contribution in [0.4, 0.5) is 0 Å². The van der Waals surface area contributed by atoms with Crippen LogP contribution < -0.4 is 0 Å². The second-order valence-electron chi connectivity index (χ2n) is 3.89. The quantitative estimate of drug-likeness (QED) is 0.670. The minimum atomic E-state index is 0.362. The van der Waals surface area contributed by atoms with Crippen molar-refractivity contribution in [2.45, 2.75) is 19.3 Å². The van der Waals surface area contributed by atoms with Gasteiger partial charge in [-0.3, -0.25) is 0 Å². The number of rotatable bonds is 2. The Morgan fingerprint density at radius 2 is 1.87 bits per heavy atom. The third kappa shape index (κ3) is 2.10. The number of allylic oxidation sites excluding steroid dienone is 5. The maximum absolute atomic E-state index is 4.08. The van der Waals surface area contributed by atoms with Gasteiger partial charge in [-0.05, 0) is 23.1 Å². The molecule has 0 radical (unpaired) electrons. The zero-order chi connectivity index (χ0) is 10.7. The molecule has 1 aromatic rings. The predicted molar refractivity (Wildman–Crippen MR) is 66.0 cm³/mol. The molecule has 0 bridgehead atoms. The first-order chi connectivity index (χ1) is 7.31. The van der Waals surface area contributed by atoms with Gasteiger partial charge in [-0.15, -0.1) is 0 Å². The van der Waals surface area contributed by atoms with Crippen LogP contribution in [-0.4, -0.2) is 0 Å². The van der Waals surface area contributed by atoms with E-state index in [1.807, 2.05) is 6.08 Å². The van der Waals surface area contributed by atoms with Gasteiger partial charge in [-0.2, -0.15) is 0 Å². The zero-order valence-electron chi connectivity index (χ0n) is 9.11. The molecule has 15 heavy (non-hydrogen) atoms. The highest BCUT2D eigenvalue weighted by atomic mass is 14.1. The van der Waals surface area contributed by atoms with Crippen molar-refractivity contribution in [1.29, 1.82) is 0 Å². The molecule has 0 saturated carbocycles. The Kier molecular flexibility index (Phi) is 2.86. The summed E-state index contributed by atoms with van der Waals surface area (Å²) in [5.41, 5.74) is 3.89. The third-order valence-electron chi connectivity index (χ3n) is 2.87. The van der Waals surface area contributed by atoms with Gasteiger partial charge < -0.3 is 0 Å². The Morgan fingerprint density at radius 1 is 1.13 bits per heavy atom. The Balaban J connectivity index is 2.26. The lowest BCUT2D eigenvalue weighted by Crippen LogP contribution is -1.99. The van der Waals surface area contributed by atoms with E-state index < -0.39 is 0 Å². The molecule has 1 aromatic carbocycles. The molecule has 0 heteroatoms. The topological polar surface area (TPSA) is 0 Å². The van der Waals surface area contributed by atoms with E-state index in [-0.39, 0.29) is 0 Å². The van der Waals surface area contributed by atoms with E-state index in [1.54, 1.807) is 0 Å². The predicted octanol–water partition coefficient (Wildman–Crippen LogP) is 4.01. The molecular weight excluding hydrogens is 180 g/mol. The number of aryl methyl sites for hydroxylation is 1. The molecule has 0 fully saturated rings. The summed E-state index contributed by atoms with van der Waals surface area (Å²) < 4.78 is 0. The van der Waals surface area contributed by atoms with Crippen molar-refractivity contribution in [2.24, 2.45) is 0 Å². The highest BCUT2D eigenvalue weighted by Gasteiger charge is 2.11. The van der Waals surface area contributed by atoms with Gasteiger partial charge in [0.1, 0.15) is 0 Å². The smallest absolute Gasteiger partial charge is 0.0266 e. The summed E-state index contributed by atoms with van der Waals surface area (Å²) in [6, 6.07) is 8.82. The summed E-state index contributed by atoms with van der Waals surface area (Å²) >= 11 is 0. The maximum atomic E-state index is 4.08. The lowest BCUT2D eigenvalue weighted by Gasteiger charge is -2.16. The van der Waals surface area contributed by atoms with Gasteiger partial charge in [0, 0.05) is 5.92 Å². The molecule has 1 atom stereocenters. The molecule has 2 rings (SSSR count). The second-order valence-corrected chi connectivity index (χ2v) is 3.89. The Hall–Kier alpha value is -1.56. The van der Waals surface area contributed by atoms with E-state index in [0.717, 1.165) is 6.42 Å². The largest absolute Gasteiger partial charge is 0.0949 e. The van der Waals surface area contributed by atoms with Crippen molar-refractivity contribution in [2.75, 3.05) is 0 Å².